The van der Waals surface area contributed by atoms with Gasteiger partial charge in [-0.1, -0.05) is 13.3 Å². The zero-order valence-electron chi connectivity index (χ0n) is 11.2. The molecule has 0 aliphatic heterocycles. The van der Waals surface area contributed by atoms with Gasteiger partial charge in [-0.3, -0.25) is 0 Å². The van der Waals surface area contributed by atoms with Crippen LogP contribution in [0.3, 0.4) is 0 Å². The minimum absolute atomic E-state index is 0.259. The fourth-order valence-corrected chi connectivity index (χ4v) is 3.31. The summed E-state index contributed by atoms with van der Waals surface area (Å²) in [7, 11) is -6.71. The van der Waals surface area contributed by atoms with Crippen LogP contribution in [0.2, 0.25) is 0 Å². The summed E-state index contributed by atoms with van der Waals surface area (Å²) in [6, 6.07) is 2.49. The molecule has 0 saturated heterocycles. The zero-order chi connectivity index (χ0) is 15.6. The van der Waals surface area contributed by atoms with Gasteiger partial charge in [-0.2, -0.15) is 0 Å². The van der Waals surface area contributed by atoms with Gasteiger partial charge in [0.25, 0.3) is 0 Å². The number of sulfonamides is 2. The maximum atomic E-state index is 13.8. The lowest BCUT2D eigenvalue weighted by Crippen LogP contribution is -2.28. The van der Waals surface area contributed by atoms with Crippen molar-refractivity contribution in [3.05, 3.63) is 24.0 Å². The minimum Gasteiger partial charge on any atom is -0.225 e. The van der Waals surface area contributed by atoms with Crippen LogP contribution in [-0.4, -0.2) is 34.7 Å². The molecule has 0 amide bonds. The van der Waals surface area contributed by atoms with Gasteiger partial charge in [0.05, 0.1) is 4.90 Å². The van der Waals surface area contributed by atoms with E-state index in [0.29, 0.717) is 12.5 Å². The van der Waals surface area contributed by atoms with E-state index >= 15 is 0 Å². The Morgan fingerprint density at radius 3 is 2.30 bits per heavy atom. The SMILES string of the molecule is CCCCN(C)S(=O)(=O)c1ccc(S(N)(=O)=O)cc1F. The van der Waals surface area contributed by atoms with Crippen LogP contribution in [0.5, 0.6) is 0 Å². The standard InChI is InChI=1S/C11H17FN2O4S2/c1-3-4-7-14(2)20(17,18)11-6-5-9(8-10(11)12)19(13,15)16/h5-6,8H,3-4,7H2,1-2H3,(H2,13,15,16). The summed E-state index contributed by atoms with van der Waals surface area (Å²) in [6.07, 6.45) is 1.44. The van der Waals surface area contributed by atoms with E-state index in [1.807, 2.05) is 6.92 Å². The third kappa shape index (κ3) is 3.75. The maximum absolute atomic E-state index is 13.8. The summed E-state index contributed by atoms with van der Waals surface area (Å²) < 4.78 is 61.3. The number of nitrogens with zero attached hydrogens (tertiary/aromatic N) is 1. The lowest BCUT2D eigenvalue weighted by Gasteiger charge is -2.17. The molecule has 1 aromatic rings. The van der Waals surface area contributed by atoms with Gasteiger partial charge in [0.1, 0.15) is 10.7 Å². The third-order valence-corrected chi connectivity index (χ3v) is 5.55. The van der Waals surface area contributed by atoms with E-state index in [0.717, 1.165) is 22.9 Å². The fraction of sp³-hybridized carbons (Fsp3) is 0.455. The number of unbranched alkanes of at least 4 members (excludes halogenated alkanes) is 1. The molecule has 1 aromatic carbocycles. The number of hydrogen-bond acceptors (Lipinski definition) is 4. The lowest BCUT2D eigenvalue weighted by molar-refractivity contribution is 0.453. The Morgan fingerprint density at radius 1 is 1.25 bits per heavy atom. The lowest BCUT2D eigenvalue weighted by atomic mass is 10.3. The van der Waals surface area contributed by atoms with Gasteiger partial charge in [-0.25, -0.2) is 30.7 Å². The molecular formula is C11H17FN2O4S2. The van der Waals surface area contributed by atoms with Gasteiger partial charge in [-0.15, -0.1) is 0 Å². The van der Waals surface area contributed by atoms with E-state index in [-0.39, 0.29) is 6.54 Å². The summed E-state index contributed by atoms with van der Waals surface area (Å²) in [5.41, 5.74) is 0. The van der Waals surface area contributed by atoms with Crippen molar-refractivity contribution in [2.75, 3.05) is 13.6 Å². The highest BCUT2D eigenvalue weighted by molar-refractivity contribution is 7.89. The number of rotatable bonds is 6. The monoisotopic (exact) mass is 324 g/mol. The van der Waals surface area contributed by atoms with Crippen molar-refractivity contribution >= 4 is 20.0 Å². The molecule has 0 aliphatic carbocycles. The van der Waals surface area contributed by atoms with Crippen molar-refractivity contribution in [3.63, 3.8) is 0 Å². The Hall–Kier alpha value is -1.03. The smallest absolute Gasteiger partial charge is 0.225 e. The molecule has 1 rings (SSSR count). The van der Waals surface area contributed by atoms with Gasteiger partial charge in [0, 0.05) is 13.6 Å². The van der Waals surface area contributed by atoms with E-state index in [2.05, 4.69) is 0 Å². The van der Waals surface area contributed by atoms with Crippen molar-refractivity contribution in [3.8, 4) is 0 Å². The van der Waals surface area contributed by atoms with E-state index in [4.69, 9.17) is 5.14 Å². The molecule has 2 N–H and O–H groups in total. The predicted molar refractivity (Wildman–Crippen MR) is 72.5 cm³/mol. The Morgan fingerprint density at radius 2 is 1.85 bits per heavy atom. The van der Waals surface area contributed by atoms with E-state index in [1.165, 1.54) is 7.05 Å². The van der Waals surface area contributed by atoms with E-state index in [9.17, 15) is 21.2 Å². The van der Waals surface area contributed by atoms with Crippen LogP contribution < -0.4 is 5.14 Å². The second kappa shape index (κ2) is 6.17. The Balaban J connectivity index is 3.21. The minimum atomic E-state index is -4.07. The first kappa shape index (κ1) is 17.0. The quantitative estimate of drug-likeness (QED) is 0.840. The van der Waals surface area contributed by atoms with Gasteiger partial charge >= 0.3 is 0 Å². The zero-order valence-corrected chi connectivity index (χ0v) is 12.8. The van der Waals surface area contributed by atoms with Crippen LogP contribution >= 0.6 is 0 Å². The molecule has 0 spiro atoms. The number of benzene rings is 1. The van der Waals surface area contributed by atoms with Crippen molar-refractivity contribution in [1.29, 1.82) is 0 Å². The van der Waals surface area contributed by atoms with Crippen LogP contribution in [0.4, 0.5) is 4.39 Å². The Labute approximate surface area is 118 Å². The van der Waals surface area contributed by atoms with Crippen molar-refractivity contribution in [1.82, 2.24) is 4.31 Å². The fourth-order valence-electron chi connectivity index (χ4n) is 1.54. The molecule has 0 aliphatic rings. The second-order valence-corrected chi connectivity index (χ2v) is 7.89. The van der Waals surface area contributed by atoms with Crippen LogP contribution in [-0.2, 0) is 20.0 Å². The number of nitrogens with two attached hydrogens (primary N) is 1. The van der Waals surface area contributed by atoms with Crippen LogP contribution in [0.1, 0.15) is 19.8 Å². The molecule has 20 heavy (non-hydrogen) atoms. The number of halogens is 1. The topological polar surface area (TPSA) is 97.5 Å². The number of primary sulfonamides is 1. The molecule has 9 heteroatoms. The predicted octanol–water partition coefficient (Wildman–Crippen LogP) is 0.894. The largest absolute Gasteiger partial charge is 0.245 e. The Bertz CT molecular complexity index is 686. The van der Waals surface area contributed by atoms with Gasteiger partial charge < -0.3 is 0 Å². The molecule has 0 aromatic heterocycles. The highest BCUT2D eigenvalue weighted by Gasteiger charge is 2.25. The van der Waals surface area contributed by atoms with E-state index < -0.39 is 35.7 Å². The molecule has 114 valence electrons. The van der Waals surface area contributed by atoms with Gasteiger partial charge in [-0.05, 0) is 24.6 Å². The highest BCUT2D eigenvalue weighted by atomic mass is 32.2. The van der Waals surface area contributed by atoms with Gasteiger partial charge in [0.2, 0.25) is 20.0 Å². The van der Waals surface area contributed by atoms with E-state index in [1.54, 1.807) is 0 Å². The summed E-state index contributed by atoms with van der Waals surface area (Å²) in [6.45, 7) is 2.16. The van der Waals surface area contributed by atoms with Crippen LogP contribution in [0.25, 0.3) is 0 Å². The third-order valence-electron chi connectivity index (χ3n) is 2.75. The molecule has 6 nitrogen and oxygen atoms in total. The molecule has 0 heterocycles. The maximum Gasteiger partial charge on any atom is 0.245 e. The van der Waals surface area contributed by atoms with Crippen molar-refractivity contribution in [2.24, 2.45) is 5.14 Å². The average molecular weight is 324 g/mol. The molecular weight excluding hydrogens is 307 g/mol. The summed E-state index contributed by atoms with van der Waals surface area (Å²) >= 11 is 0. The summed E-state index contributed by atoms with van der Waals surface area (Å²) in [4.78, 5) is -1.03. The highest BCUT2D eigenvalue weighted by Crippen LogP contribution is 2.21. The first-order chi connectivity index (χ1) is 9.10. The molecule has 0 fully saturated rings. The number of hydrogen-bond donors (Lipinski definition) is 1. The first-order valence-corrected chi connectivity index (χ1v) is 8.88. The second-order valence-electron chi connectivity index (χ2n) is 4.32. The van der Waals surface area contributed by atoms with Crippen LogP contribution in [0.15, 0.2) is 28.0 Å². The normalized spacial score (nSPS) is 12.8. The Kier molecular flexibility index (Phi) is 5.25. The average Bonchev–Trinajstić information content (AvgIpc) is 2.34. The molecule has 0 saturated carbocycles. The van der Waals surface area contributed by atoms with Crippen LogP contribution in [0, 0.1) is 5.82 Å². The molecule has 0 unspecified atom stereocenters. The summed E-state index contributed by atoms with van der Waals surface area (Å²) in [5.74, 6) is -1.14. The molecule has 0 atom stereocenters. The molecule has 0 radical (unpaired) electrons. The summed E-state index contributed by atoms with van der Waals surface area (Å²) in [5, 5.41) is 4.86. The van der Waals surface area contributed by atoms with Crippen molar-refractivity contribution in [2.45, 2.75) is 29.6 Å². The van der Waals surface area contributed by atoms with Crippen molar-refractivity contribution < 1.29 is 21.2 Å². The van der Waals surface area contributed by atoms with Gasteiger partial charge in [0.15, 0.2) is 0 Å². The first-order valence-electron chi connectivity index (χ1n) is 5.89. The molecule has 0 bridgehead atoms.